The van der Waals surface area contributed by atoms with Crippen LogP contribution < -0.4 is 0 Å². The minimum atomic E-state index is -0.350. The molecule has 11 heavy (non-hydrogen) atoms. The summed E-state index contributed by atoms with van der Waals surface area (Å²) in [5.74, 6) is 0. The molecular weight excluding hydrogens is 205 g/mol. The molecule has 1 N–H and O–H groups in total. The summed E-state index contributed by atoms with van der Waals surface area (Å²) in [5, 5.41) is 9.05. The lowest BCUT2D eigenvalue weighted by Gasteiger charge is -1.98. The minimum Gasteiger partial charge on any atom is -0.497 e. The quantitative estimate of drug-likeness (QED) is 0.568. The molecule has 1 rings (SSSR count). The zero-order chi connectivity index (χ0) is 8.43. The van der Waals surface area contributed by atoms with Gasteiger partial charge in [-0.3, -0.25) is 0 Å². The van der Waals surface area contributed by atoms with E-state index in [4.69, 9.17) is 28.3 Å². The molecule has 0 atom stereocenters. The van der Waals surface area contributed by atoms with Crippen molar-refractivity contribution in [2.75, 3.05) is 0 Å². The zero-order valence-corrected chi connectivity index (χ0v) is 7.54. The predicted octanol–water partition coefficient (Wildman–Crippen LogP) is 2.62. The summed E-state index contributed by atoms with van der Waals surface area (Å²) in [4.78, 5) is 3.71. The molecule has 0 aliphatic carbocycles. The Balaban J connectivity index is 3.23. The molecular formula is C6H3Cl2NOS. The van der Waals surface area contributed by atoms with Gasteiger partial charge in [0.15, 0.2) is 0 Å². The Labute approximate surface area is 78.8 Å². The van der Waals surface area contributed by atoms with E-state index in [1.807, 2.05) is 0 Å². The van der Waals surface area contributed by atoms with Gasteiger partial charge in [0.1, 0.15) is 10.8 Å². The van der Waals surface area contributed by atoms with Crippen LogP contribution in [0.25, 0.3) is 0 Å². The zero-order valence-electron chi connectivity index (χ0n) is 5.21. The lowest BCUT2D eigenvalue weighted by Crippen LogP contribution is -1.99. The van der Waals surface area contributed by atoms with Gasteiger partial charge in [0.25, 0.3) is 0 Å². The van der Waals surface area contributed by atoms with Crippen LogP contribution in [0.4, 0.5) is 0 Å². The molecule has 0 unspecified atom stereocenters. The average molecular weight is 208 g/mol. The van der Waals surface area contributed by atoms with E-state index in [2.05, 4.69) is 17.2 Å². The van der Waals surface area contributed by atoms with Crippen LogP contribution in [-0.4, -0.2) is 15.1 Å². The van der Waals surface area contributed by atoms with Gasteiger partial charge >= 0.3 is 0 Å². The van der Waals surface area contributed by atoms with Crippen molar-refractivity contribution in [1.29, 1.82) is 0 Å². The monoisotopic (exact) mass is 207 g/mol. The van der Waals surface area contributed by atoms with Crippen molar-refractivity contribution in [3.8, 4) is 0 Å². The van der Waals surface area contributed by atoms with E-state index in [9.17, 15) is 0 Å². The third-order valence-electron chi connectivity index (χ3n) is 1.01. The highest BCUT2D eigenvalue weighted by molar-refractivity contribution is 7.80. The van der Waals surface area contributed by atoms with Crippen LogP contribution in [0, 0.1) is 0 Å². The van der Waals surface area contributed by atoms with Crippen LogP contribution in [-0.2, 0) is 0 Å². The Hall–Kier alpha value is -0.380. The highest BCUT2D eigenvalue weighted by Crippen LogP contribution is 2.16. The van der Waals surface area contributed by atoms with E-state index in [1.165, 1.54) is 12.1 Å². The maximum atomic E-state index is 8.85. The lowest BCUT2D eigenvalue weighted by molar-refractivity contribution is 0.568. The van der Waals surface area contributed by atoms with E-state index in [0.717, 1.165) is 0 Å². The van der Waals surface area contributed by atoms with Gasteiger partial charge in [-0.25, -0.2) is 4.98 Å². The van der Waals surface area contributed by atoms with Gasteiger partial charge in [-0.1, -0.05) is 23.2 Å². The van der Waals surface area contributed by atoms with E-state index in [-0.39, 0.29) is 15.9 Å². The molecule has 0 saturated heterocycles. The fourth-order valence-electron chi connectivity index (χ4n) is 0.568. The summed E-state index contributed by atoms with van der Waals surface area (Å²) in [6.45, 7) is 0. The SMILES string of the molecule is OC(=S)c1nc(Cl)ccc1Cl. The van der Waals surface area contributed by atoms with Gasteiger partial charge in [0.05, 0.1) is 5.02 Å². The van der Waals surface area contributed by atoms with Crippen LogP contribution >= 0.6 is 35.4 Å². The van der Waals surface area contributed by atoms with Crippen LogP contribution in [0.1, 0.15) is 5.69 Å². The average Bonchev–Trinajstić information content (AvgIpc) is 1.94. The molecule has 2 nitrogen and oxygen atoms in total. The number of thiocarbonyl (C=S) groups is 1. The molecule has 0 aromatic carbocycles. The number of halogens is 2. The Kier molecular flexibility index (Phi) is 2.65. The second kappa shape index (κ2) is 3.34. The molecule has 0 fully saturated rings. The summed E-state index contributed by atoms with van der Waals surface area (Å²) in [6.07, 6.45) is 0. The second-order valence-electron chi connectivity index (χ2n) is 1.77. The third-order valence-corrected chi connectivity index (χ3v) is 1.72. The van der Waals surface area contributed by atoms with Gasteiger partial charge < -0.3 is 5.11 Å². The molecule has 0 amide bonds. The molecule has 1 aromatic rings. The first-order chi connectivity index (χ1) is 5.11. The second-order valence-corrected chi connectivity index (χ2v) is 2.95. The van der Waals surface area contributed by atoms with Crippen molar-refractivity contribution in [1.82, 2.24) is 4.98 Å². The Morgan fingerprint density at radius 1 is 1.45 bits per heavy atom. The van der Waals surface area contributed by atoms with Gasteiger partial charge in [0, 0.05) is 0 Å². The first-order valence-corrected chi connectivity index (χ1v) is 3.83. The van der Waals surface area contributed by atoms with Crippen LogP contribution in [0.15, 0.2) is 12.1 Å². The molecule has 1 heterocycles. The van der Waals surface area contributed by atoms with Crippen molar-refractivity contribution >= 4 is 40.5 Å². The fourth-order valence-corrected chi connectivity index (χ4v) is 1.12. The van der Waals surface area contributed by atoms with Crippen molar-refractivity contribution in [3.05, 3.63) is 28.0 Å². The maximum absolute atomic E-state index is 8.85. The Morgan fingerprint density at radius 3 is 2.55 bits per heavy atom. The van der Waals surface area contributed by atoms with Crippen molar-refractivity contribution in [2.24, 2.45) is 0 Å². The van der Waals surface area contributed by atoms with Crippen LogP contribution in [0.2, 0.25) is 10.2 Å². The molecule has 1 aromatic heterocycles. The molecule has 58 valence electrons. The third kappa shape index (κ3) is 2.02. The molecule has 0 radical (unpaired) electrons. The van der Waals surface area contributed by atoms with Crippen molar-refractivity contribution in [3.63, 3.8) is 0 Å². The summed E-state index contributed by atoms with van der Waals surface area (Å²) in [6, 6.07) is 3.04. The fraction of sp³-hybridized carbons (Fsp3) is 0. The van der Waals surface area contributed by atoms with E-state index >= 15 is 0 Å². The van der Waals surface area contributed by atoms with Gasteiger partial charge in [-0.05, 0) is 24.4 Å². The first-order valence-electron chi connectivity index (χ1n) is 2.66. The van der Waals surface area contributed by atoms with E-state index in [0.29, 0.717) is 5.02 Å². The number of hydrogen-bond donors (Lipinski definition) is 1. The van der Waals surface area contributed by atoms with Gasteiger partial charge in [0.2, 0.25) is 5.05 Å². The van der Waals surface area contributed by atoms with Crippen LogP contribution in [0.3, 0.4) is 0 Å². The van der Waals surface area contributed by atoms with Crippen molar-refractivity contribution in [2.45, 2.75) is 0 Å². The topological polar surface area (TPSA) is 33.1 Å². The maximum Gasteiger partial charge on any atom is 0.209 e. The number of aliphatic hydroxyl groups is 1. The Bertz CT molecular complexity index is 303. The number of rotatable bonds is 1. The molecule has 0 spiro atoms. The standard InChI is InChI=1S/C6H3Cl2NOS/c7-3-1-2-4(8)9-5(3)6(10)11/h1-2H,(H,10,11). The number of aromatic nitrogens is 1. The molecule has 5 heteroatoms. The normalized spacial score (nSPS) is 9.64. The molecule has 0 saturated carbocycles. The number of hydrogen-bond acceptors (Lipinski definition) is 2. The largest absolute Gasteiger partial charge is 0.497 e. The minimum absolute atomic E-state index is 0.147. The predicted molar refractivity (Wildman–Crippen MR) is 48.6 cm³/mol. The van der Waals surface area contributed by atoms with Gasteiger partial charge in [-0.2, -0.15) is 0 Å². The van der Waals surface area contributed by atoms with Crippen molar-refractivity contribution < 1.29 is 5.11 Å². The number of aliphatic hydroxyl groups excluding tert-OH is 1. The lowest BCUT2D eigenvalue weighted by atomic mass is 10.4. The van der Waals surface area contributed by atoms with Gasteiger partial charge in [-0.15, -0.1) is 0 Å². The molecule has 0 aliphatic heterocycles. The number of pyridine rings is 1. The van der Waals surface area contributed by atoms with Crippen LogP contribution in [0.5, 0.6) is 0 Å². The summed E-state index contributed by atoms with van der Waals surface area (Å²) in [5.41, 5.74) is 0.147. The smallest absolute Gasteiger partial charge is 0.209 e. The summed E-state index contributed by atoms with van der Waals surface area (Å²) >= 11 is 15.6. The Morgan fingerprint density at radius 2 is 2.09 bits per heavy atom. The number of nitrogens with zero attached hydrogens (tertiary/aromatic N) is 1. The molecule has 0 bridgehead atoms. The summed E-state index contributed by atoms with van der Waals surface area (Å²) in [7, 11) is 0. The summed E-state index contributed by atoms with van der Waals surface area (Å²) < 4.78 is 0. The highest BCUT2D eigenvalue weighted by Gasteiger charge is 2.06. The highest BCUT2D eigenvalue weighted by atomic mass is 35.5. The molecule has 0 aliphatic rings. The first kappa shape index (κ1) is 8.71. The van der Waals surface area contributed by atoms with E-state index < -0.39 is 0 Å². The van der Waals surface area contributed by atoms with E-state index in [1.54, 1.807) is 0 Å².